The molecule has 172 valence electrons. The van der Waals surface area contributed by atoms with E-state index in [1.807, 2.05) is 43.4 Å². The van der Waals surface area contributed by atoms with Gasteiger partial charge in [0, 0.05) is 31.9 Å². The Kier molecular flexibility index (Phi) is 9.98. The van der Waals surface area contributed by atoms with Crippen molar-refractivity contribution in [1.29, 1.82) is 0 Å². The first-order valence-corrected chi connectivity index (χ1v) is 12.0. The number of ether oxygens (including phenoxy) is 1. The third-order valence-electron chi connectivity index (χ3n) is 6.32. The van der Waals surface area contributed by atoms with Crippen molar-refractivity contribution in [2.45, 2.75) is 51.0 Å². The molecule has 1 atom stereocenters. The fraction of sp³-hybridized carbons (Fsp3) is 0.464. The summed E-state index contributed by atoms with van der Waals surface area (Å²) in [5, 5.41) is 6.56. The predicted octanol–water partition coefficient (Wildman–Crippen LogP) is 5.44. The van der Waals surface area contributed by atoms with Crippen LogP contribution in [0.25, 0.3) is 5.57 Å². The third-order valence-corrected chi connectivity index (χ3v) is 6.32. The number of carbonyl (C=O) groups is 1. The van der Waals surface area contributed by atoms with Gasteiger partial charge >= 0.3 is 0 Å². The number of amides is 1. The molecule has 0 heterocycles. The van der Waals surface area contributed by atoms with Gasteiger partial charge in [-0.3, -0.25) is 4.79 Å². The highest BCUT2D eigenvalue weighted by atomic mass is 16.5. The van der Waals surface area contributed by atoms with E-state index in [2.05, 4.69) is 34.9 Å². The molecule has 0 unspecified atom stereocenters. The molecule has 1 aliphatic carbocycles. The van der Waals surface area contributed by atoms with Crippen LogP contribution >= 0.6 is 0 Å². The van der Waals surface area contributed by atoms with Gasteiger partial charge in [0.2, 0.25) is 0 Å². The van der Waals surface area contributed by atoms with Gasteiger partial charge in [-0.2, -0.15) is 0 Å². The van der Waals surface area contributed by atoms with Gasteiger partial charge in [-0.15, -0.1) is 0 Å². The summed E-state index contributed by atoms with van der Waals surface area (Å²) in [7, 11) is 3.67. The number of hydrogen-bond acceptors (Lipinski definition) is 3. The highest BCUT2D eigenvalue weighted by Crippen LogP contribution is 2.28. The monoisotopic (exact) mass is 434 g/mol. The van der Waals surface area contributed by atoms with Gasteiger partial charge in [0.25, 0.3) is 5.91 Å². The molecule has 0 saturated heterocycles. The fourth-order valence-electron chi connectivity index (χ4n) is 4.70. The molecule has 0 aromatic heterocycles. The zero-order valence-corrected chi connectivity index (χ0v) is 19.6. The zero-order valence-electron chi connectivity index (χ0n) is 19.6. The van der Waals surface area contributed by atoms with Crippen molar-refractivity contribution in [2.24, 2.45) is 5.92 Å². The van der Waals surface area contributed by atoms with E-state index in [9.17, 15) is 4.79 Å². The lowest BCUT2D eigenvalue weighted by molar-refractivity contribution is 0.0928. The van der Waals surface area contributed by atoms with E-state index < -0.39 is 0 Å². The van der Waals surface area contributed by atoms with E-state index in [4.69, 9.17) is 4.74 Å². The normalized spacial score (nSPS) is 16.0. The Morgan fingerprint density at radius 1 is 1.03 bits per heavy atom. The van der Waals surface area contributed by atoms with Crippen molar-refractivity contribution in [3.05, 3.63) is 77.4 Å². The maximum absolute atomic E-state index is 13.2. The van der Waals surface area contributed by atoms with Gasteiger partial charge in [-0.1, -0.05) is 80.6 Å². The number of rotatable bonds is 11. The largest absolute Gasteiger partial charge is 0.384 e. The first-order valence-electron chi connectivity index (χ1n) is 12.0. The maximum Gasteiger partial charge on any atom is 0.251 e. The van der Waals surface area contributed by atoms with E-state index in [0.717, 1.165) is 42.0 Å². The SMILES string of the molecule is CNC[C@H](CC1CCCCC1)NC(=O)c1cccc(C(=CCCOC)c2ccccc2)c1. The zero-order chi connectivity index (χ0) is 22.6. The van der Waals surface area contributed by atoms with Crippen LogP contribution in [0, 0.1) is 5.92 Å². The third kappa shape index (κ3) is 7.32. The molecule has 2 aromatic carbocycles. The lowest BCUT2D eigenvalue weighted by Gasteiger charge is -2.27. The Morgan fingerprint density at radius 3 is 2.47 bits per heavy atom. The summed E-state index contributed by atoms with van der Waals surface area (Å²) in [5.41, 5.74) is 4.04. The lowest BCUT2D eigenvalue weighted by atomic mass is 9.84. The van der Waals surface area contributed by atoms with Crippen LogP contribution in [-0.4, -0.2) is 39.3 Å². The molecule has 32 heavy (non-hydrogen) atoms. The summed E-state index contributed by atoms with van der Waals surface area (Å²) in [6, 6.07) is 18.5. The highest BCUT2D eigenvalue weighted by Gasteiger charge is 2.21. The minimum Gasteiger partial charge on any atom is -0.384 e. The van der Waals surface area contributed by atoms with Crippen molar-refractivity contribution in [3.63, 3.8) is 0 Å². The summed E-state index contributed by atoms with van der Waals surface area (Å²) >= 11 is 0. The predicted molar refractivity (Wildman–Crippen MR) is 133 cm³/mol. The van der Waals surface area contributed by atoms with E-state index >= 15 is 0 Å². The maximum atomic E-state index is 13.2. The summed E-state index contributed by atoms with van der Waals surface area (Å²) in [4.78, 5) is 13.2. The van der Waals surface area contributed by atoms with E-state index in [-0.39, 0.29) is 11.9 Å². The second kappa shape index (κ2) is 13.2. The van der Waals surface area contributed by atoms with Gasteiger partial charge in [0.05, 0.1) is 0 Å². The Labute approximate surface area is 193 Å². The lowest BCUT2D eigenvalue weighted by Crippen LogP contribution is -2.42. The van der Waals surface area contributed by atoms with Gasteiger partial charge in [0.1, 0.15) is 0 Å². The number of benzene rings is 2. The molecule has 0 bridgehead atoms. The Bertz CT molecular complexity index is 857. The summed E-state index contributed by atoms with van der Waals surface area (Å²) in [5.74, 6) is 0.731. The van der Waals surface area contributed by atoms with Crippen molar-refractivity contribution in [2.75, 3.05) is 27.3 Å². The summed E-state index contributed by atoms with van der Waals surface area (Å²) in [6.07, 6.45) is 10.7. The average molecular weight is 435 g/mol. The van der Waals surface area contributed by atoms with Crippen molar-refractivity contribution < 1.29 is 9.53 Å². The minimum atomic E-state index is 0.00668. The molecule has 0 radical (unpaired) electrons. The molecule has 1 amide bonds. The van der Waals surface area contributed by atoms with Crippen LogP contribution in [0.5, 0.6) is 0 Å². The number of carbonyl (C=O) groups excluding carboxylic acids is 1. The smallest absolute Gasteiger partial charge is 0.251 e. The number of hydrogen-bond donors (Lipinski definition) is 2. The summed E-state index contributed by atoms with van der Waals surface area (Å²) in [6.45, 7) is 1.47. The van der Waals surface area contributed by atoms with Crippen molar-refractivity contribution in [3.8, 4) is 0 Å². The first kappa shape index (κ1) is 24.2. The van der Waals surface area contributed by atoms with E-state index in [0.29, 0.717) is 12.2 Å². The minimum absolute atomic E-state index is 0.00668. The van der Waals surface area contributed by atoms with Gasteiger partial charge in [-0.05, 0) is 54.6 Å². The molecule has 1 aliphatic rings. The van der Waals surface area contributed by atoms with Gasteiger partial charge < -0.3 is 15.4 Å². The Balaban J connectivity index is 1.76. The molecule has 4 heteroatoms. The molecule has 3 rings (SSSR count). The summed E-state index contributed by atoms with van der Waals surface area (Å²) < 4.78 is 5.24. The molecular weight excluding hydrogens is 396 g/mol. The van der Waals surface area contributed by atoms with Crippen LogP contribution in [0.3, 0.4) is 0 Å². The van der Waals surface area contributed by atoms with Crippen LogP contribution in [0.15, 0.2) is 60.7 Å². The van der Waals surface area contributed by atoms with Gasteiger partial charge in [0.15, 0.2) is 0 Å². The van der Waals surface area contributed by atoms with E-state index in [1.165, 1.54) is 32.1 Å². The van der Waals surface area contributed by atoms with Crippen LogP contribution in [0.2, 0.25) is 0 Å². The fourth-order valence-corrected chi connectivity index (χ4v) is 4.70. The topological polar surface area (TPSA) is 50.4 Å². The van der Waals surface area contributed by atoms with Crippen molar-refractivity contribution in [1.82, 2.24) is 10.6 Å². The van der Waals surface area contributed by atoms with Crippen LogP contribution in [0.4, 0.5) is 0 Å². The second-order valence-corrected chi connectivity index (χ2v) is 8.81. The van der Waals surface area contributed by atoms with Crippen LogP contribution in [0.1, 0.15) is 66.4 Å². The standard InChI is InChI=1S/C28H38N2O2/c1-29-21-26(19-22-11-5-3-6-12-22)30-28(31)25-16-9-15-24(20-25)27(17-10-18-32-2)23-13-7-4-8-14-23/h4,7-9,13-17,20,22,26,29H,3,5-6,10-12,18-19,21H2,1-2H3,(H,30,31)/t26-/m0/s1. The first-order chi connectivity index (χ1) is 15.7. The molecular formula is C28H38N2O2. The number of nitrogens with one attached hydrogen (secondary N) is 2. The van der Waals surface area contributed by atoms with Gasteiger partial charge in [-0.25, -0.2) is 0 Å². The second-order valence-electron chi connectivity index (χ2n) is 8.81. The number of likely N-dealkylation sites (N-methyl/N-ethyl adjacent to an activating group) is 1. The quantitative estimate of drug-likeness (QED) is 0.463. The van der Waals surface area contributed by atoms with E-state index in [1.54, 1.807) is 7.11 Å². The molecule has 2 N–H and O–H groups in total. The molecule has 4 nitrogen and oxygen atoms in total. The molecule has 0 aliphatic heterocycles. The van der Waals surface area contributed by atoms with Crippen LogP contribution in [-0.2, 0) is 4.74 Å². The van der Waals surface area contributed by atoms with Crippen molar-refractivity contribution >= 4 is 11.5 Å². The molecule has 2 aromatic rings. The number of methoxy groups -OCH3 is 1. The molecule has 1 fully saturated rings. The molecule has 0 spiro atoms. The molecule has 1 saturated carbocycles. The highest BCUT2D eigenvalue weighted by molar-refractivity contribution is 5.96. The Morgan fingerprint density at radius 2 is 1.75 bits per heavy atom. The Hall–Kier alpha value is -2.43. The van der Waals surface area contributed by atoms with Crippen LogP contribution < -0.4 is 10.6 Å². The average Bonchev–Trinajstić information content (AvgIpc) is 2.83.